The number of terminal acetylenes is 1. The Bertz CT molecular complexity index is 188. The molecular weight excluding hydrogens is 146 g/mol. The summed E-state index contributed by atoms with van der Waals surface area (Å²) >= 11 is 0. The minimum atomic E-state index is 0.266. The van der Waals surface area contributed by atoms with E-state index in [-0.39, 0.29) is 6.04 Å². The topological polar surface area (TPSA) is 12.0 Å². The normalized spacial score (nSPS) is 29.7. The first-order valence-electron chi connectivity index (χ1n) is 4.75. The molecular formula is C11H19N. The van der Waals surface area contributed by atoms with Gasteiger partial charge in [0.05, 0.1) is 6.04 Å². The Balaban J connectivity index is 2.68. The van der Waals surface area contributed by atoms with Crippen LogP contribution < -0.4 is 5.32 Å². The van der Waals surface area contributed by atoms with Crippen LogP contribution in [0, 0.1) is 23.7 Å². The second kappa shape index (κ2) is 3.49. The summed E-state index contributed by atoms with van der Waals surface area (Å²) in [5, 5.41) is 3.21. The Morgan fingerprint density at radius 2 is 2.25 bits per heavy atom. The summed E-state index contributed by atoms with van der Waals surface area (Å²) in [6.07, 6.45) is 9.40. The molecule has 1 saturated carbocycles. The predicted octanol–water partition coefficient (Wildman–Crippen LogP) is 2.03. The van der Waals surface area contributed by atoms with Gasteiger partial charge in [-0.2, -0.15) is 0 Å². The van der Waals surface area contributed by atoms with Gasteiger partial charge in [-0.25, -0.2) is 0 Å². The predicted molar refractivity (Wildman–Crippen MR) is 52.8 cm³/mol. The molecule has 0 aromatic rings. The van der Waals surface area contributed by atoms with Crippen molar-refractivity contribution in [1.82, 2.24) is 5.32 Å². The van der Waals surface area contributed by atoms with Crippen LogP contribution in [0.1, 0.15) is 33.1 Å². The standard InChI is InChI=1S/C11H19N/c1-5-10(12-4)9-7-6-8-11(9,2)3/h1,9-10,12H,6-8H2,2-4H3. The van der Waals surface area contributed by atoms with Crippen molar-refractivity contribution in [2.45, 2.75) is 39.2 Å². The van der Waals surface area contributed by atoms with Crippen LogP contribution in [0.25, 0.3) is 0 Å². The van der Waals surface area contributed by atoms with Crippen LogP contribution in [0.3, 0.4) is 0 Å². The Hall–Kier alpha value is -0.480. The van der Waals surface area contributed by atoms with Gasteiger partial charge in [0.15, 0.2) is 0 Å². The van der Waals surface area contributed by atoms with Crippen LogP contribution in [0.2, 0.25) is 0 Å². The van der Waals surface area contributed by atoms with E-state index < -0.39 is 0 Å². The van der Waals surface area contributed by atoms with E-state index >= 15 is 0 Å². The van der Waals surface area contributed by atoms with E-state index in [0.29, 0.717) is 11.3 Å². The molecule has 1 fully saturated rings. The van der Waals surface area contributed by atoms with E-state index in [4.69, 9.17) is 6.42 Å². The maximum absolute atomic E-state index is 5.47. The van der Waals surface area contributed by atoms with Crippen molar-refractivity contribution in [2.75, 3.05) is 7.05 Å². The Morgan fingerprint density at radius 3 is 2.58 bits per heavy atom. The zero-order valence-electron chi connectivity index (χ0n) is 8.35. The molecule has 0 saturated heterocycles. The lowest BCUT2D eigenvalue weighted by Crippen LogP contribution is -2.37. The highest BCUT2D eigenvalue weighted by Gasteiger charge is 2.38. The molecule has 1 nitrogen and oxygen atoms in total. The third-order valence-corrected chi connectivity index (χ3v) is 3.23. The van der Waals surface area contributed by atoms with Gasteiger partial charge in [-0.15, -0.1) is 6.42 Å². The average molecular weight is 165 g/mol. The fraction of sp³-hybridized carbons (Fsp3) is 0.818. The highest BCUT2D eigenvalue weighted by atomic mass is 14.9. The second-order valence-corrected chi connectivity index (χ2v) is 4.42. The molecule has 0 radical (unpaired) electrons. The first-order valence-corrected chi connectivity index (χ1v) is 4.75. The van der Waals surface area contributed by atoms with E-state index in [1.54, 1.807) is 0 Å². The van der Waals surface area contributed by atoms with E-state index in [1.807, 2.05) is 7.05 Å². The van der Waals surface area contributed by atoms with E-state index in [9.17, 15) is 0 Å². The summed E-state index contributed by atoms with van der Waals surface area (Å²) in [5.74, 6) is 3.50. The molecule has 2 unspecified atom stereocenters. The SMILES string of the molecule is C#CC(NC)C1CCCC1(C)C. The van der Waals surface area contributed by atoms with Crippen molar-refractivity contribution in [2.24, 2.45) is 11.3 Å². The van der Waals surface area contributed by atoms with Gasteiger partial charge in [-0.1, -0.05) is 26.2 Å². The third kappa shape index (κ3) is 1.64. The van der Waals surface area contributed by atoms with Crippen LogP contribution in [-0.2, 0) is 0 Å². The first kappa shape index (κ1) is 9.61. The van der Waals surface area contributed by atoms with Crippen LogP contribution >= 0.6 is 0 Å². The van der Waals surface area contributed by atoms with Gasteiger partial charge in [0.1, 0.15) is 0 Å². The van der Waals surface area contributed by atoms with Crippen molar-refractivity contribution >= 4 is 0 Å². The fourth-order valence-corrected chi connectivity index (χ4v) is 2.37. The molecule has 0 aromatic heterocycles. The van der Waals surface area contributed by atoms with Crippen molar-refractivity contribution in [1.29, 1.82) is 0 Å². The van der Waals surface area contributed by atoms with Crippen molar-refractivity contribution in [3.8, 4) is 12.3 Å². The van der Waals surface area contributed by atoms with E-state index in [1.165, 1.54) is 19.3 Å². The number of hydrogen-bond donors (Lipinski definition) is 1. The minimum absolute atomic E-state index is 0.266. The van der Waals surface area contributed by atoms with E-state index in [0.717, 1.165) is 0 Å². The monoisotopic (exact) mass is 165 g/mol. The molecule has 12 heavy (non-hydrogen) atoms. The zero-order chi connectivity index (χ0) is 9.19. The maximum Gasteiger partial charge on any atom is 0.0718 e. The van der Waals surface area contributed by atoms with Crippen molar-refractivity contribution in [3.05, 3.63) is 0 Å². The molecule has 1 rings (SSSR count). The molecule has 0 spiro atoms. The Kier molecular flexibility index (Phi) is 2.80. The van der Waals surface area contributed by atoms with Crippen molar-refractivity contribution in [3.63, 3.8) is 0 Å². The zero-order valence-corrected chi connectivity index (χ0v) is 8.35. The molecule has 0 aromatic carbocycles. The summed E-state index contributed by atoms with van der Waals surface area (Å²) in [6.45, 7) is 4.65. The van der Waals surface area contributed by atoms with Gasteiger partial charge in [-0.3, -0.25) is 0 Å². The molecule has 0 bridgehead atoms. The lowest BCUT2D eigenvalue weighted by molar-refractivity contribution is 0.229. The van der Waals surface area contributed by atoms with Gasteiger partial charge < -0.3 is 5.32 Å². The van der Waals surface area contributed by atoms with Gasteiger partial charge >= 0.3 is 0 Å². The fourth-order valence-electron chi connectivity index (χ4n) is 2.37. The van der Waals surface area contributed by atoms with Crippen molar-refractivity contribution < 1.29 is 0 Å². The number of nitrogens with one attached hydrogen (secondary N) is 1. The highest BCUT2D eigenvalue weighted by Crippen LogP contribution is 2.44. The largest absolute Gasteiger partial charge is 0.307 e. The molecule has 1 aliphatic carbocycles. The van der Waals surface area contributed by atoms with E-state index in [2.05, 4.69) is 25.1 Å². The molecule has 1 N–H and O–H groups in total. The first-order chi connectivity index (χ1) is 5.61. The maximum atomic E-state index is 5.47. The van der Waals surface area contributed by atoms with Gasteiger partial charge in [0.2, 0.25) is 0 Å². The van der Waals surface area contributed by atoms with Crippen LogP contribution in [0.15, 0.2) is 0 Å². The third-order valence-electron chi connectivity index (χ3n) is 3.23. The number of rotatable bonds is 2. The molecule has 68 valence electrons. The van der Waals surface area contributed by atoms with Crippen LogP contribution in [0.4, 0.5) is 0 Å². The van der Waals surface area contributed by atoms with Crippen LogP contribution in [-0.4, -0.2) is 13.1 Å². The second-order valence-electron chi connectivity index (χ2n) is 4.42. The molecule has 0 aliphatic heterocycles. The summed E-state index contributed by atoms with van der Waals surface area (Å²) in [7, 11) is 1.96. The lowest BCUT2D eigenvalue weighted by atomic mass is 9.78. The molecule has 0 amide bonds. The summed E-state index contributed by atoms with van der Waals surface area (Å²) in [6, 6.07) is 0.266. The average Bonchev–Trinajstić information content (AvgIpc) is 2.34. The Morgan fingerprint density at radius 1 is 1.58 bits per heavy atom. The van der Waals surface area contributed by atoms with Gasteiger partial charge in [0.25, 0.3) is 0 Å². The number of hydrogen-bond acceptors (Lipinski definition) is 1. The molecule has 1 heteroatoms. The Labute approximate surface area is 75.9 Å². The smallest absolute Gasteiger partial charge is 0.0718 e. The molecule has 2 atom stereocenters. The highest BCUT2D eigenvalue weighted by molar-refractivity contribution is 5.06. The van der Waals surface area contributed by atoms with Crippen LogP contribution in [0.5, 0.6) is 0 Å². The lowest BCUT2D eigenvalue weighted by Gasteiger charge is -2.31. The van der Waals surface area contributed by atoms with Gasteiger partial charge in [-0.05, 0) is 31.2 Å². The summed E-state index contributed by atoms with van der Waals surface area (Å²) in [5.41, 5.74) is 0.431. The summed E-state index contributed by atoms with van der Waals surface area (Å²) in [4.78, 5) is 0. The quantitative estimate of drug-likeness (QED) is 0.617. The summed E-state index contributed by atoms with van der Waals surface area (Å²) < 4.78 is 0. The minimum Gasteiger partial charge on any atom is -0.307 e. The molecule has 0 heterocycles. The van der Waals surface area contributed by atoms with Gasteiger partial charge in [0, 0.05) is 0 Å². The molecule has 1 aliphatic rings.